The molecule has 1 rings (SSSR count). The zero-order valence-corrected chi connectivity index (χ0v) is 5.42. The summed E-state index contributed by atoms with van der Waals surface area (Å²) in [6.07, 6.45) is 3.45. The van der Waals surface area contributed by atoms with Crippen LogP contribution in [-0.4, -0.2) is 31.2 Å². The lowest BCUT2D eigenvalue weighted by Gasteiger charge is -2.24. The molecule has 9 heavy (non-hydrogen) atoms. The quantitative estimate of drug-likeness (QED) is 0.529. The molecule has 0 aromatic heterocycles. The molecular formula is C6H12N2O. The lowest BCUT2D eigenvalue weighted by Crippen LogP contribution is -2.32. The van der Waals surface area contributed by atoms with E-state index in [0.717, 1.165) is 26.3 Å². The van der Waals surface area contributed by atoms with Crippen LogP contribution in [0.4, 0.5) is 0 Å². The molecule has 1 aliphatic heterocycles. The van der Waals surface area contributed by atoms with Crippen molar-refractivity contribution in [2.24, 2.45) is 5.73 Å². The van der Waals surface area contributed by atoms with Crippen molar-refractivity contribution in [1.82, 2.24) is 4.90 Å². The van der Waals surface area contributed by atoms with E-state index >= 15 is 0 Å². The van der Waals surface area contributed by atoms with Crippen LogP contribution in [0.1, 0.15) is 0 Å². The highest BCUT2D eigenvalue weighted by molar-refractivity contribution is 4.78. The average molecular weight is 128 g/mol. The van der Waals surface area contributed by atoms with Crippen molar-refractivity contribution < 1.29 is 4.74 Å². The van der Waals surface area contributed by atoms with Crippen LogP contribution in [0.2, 0.25) is 0 Å². The maximum atomic E-state index is 5.20. The first-order valence-corrected chi connectivity index (χ1v) is 3.13. The second-order valence-electron chi connectivity index (χ2n) is 1.99. The van der Waals surface area contributed by atoms with Gasteiger partial charge in [0.25, 0.3) is 0 Å². The molecule has 0 saturated carbocycles. The fourth-order valence-corrected chi connectivity index (χ4v) is 0.848. The van der Waals surface area contributed by atoms with Gasteiger partial charge in [0.2, 0.25) is 0 Å². The van der Waals surface area contributed by atoms with Crippen molar-refractivity contribution in [3.05, 3.63) is 12.4 Å². The van der Waals surface area contributed by atoms with Crippen molar-refractivity contribution >= 4 is 0 Å². The normalized spacial score (nSPS) is 21.1. The van der Waals surface area contributed by atoms with Crippen molar-refractivity contribution in [2.75, 3.05) is 26.3 Å². The summed E-state index contributed by atoms with van der Waals surface area (Å²) in [5, 5.41) is 0. The Bertz CT molecular complexity index is 97.2. The summed E-state index contributed by atoms with van der Waals surface area (Å²) in [5.74, 6) is 0. The van der Waals surface area contributed by atoms with Crippen LogP contribution in [0.15, 0.2) is 12.4 Å². The van der Waals surface area contributed by atoms with Gasteiger partial charge < -0.3 is 15.4 Å². The van der Waals surface area contributed by atoms with Gasteiger partial charge in [-0.3, -0.25) is 0 Å². The Balaban J connectivity index is 2.23. The average Bonchev–Trinajstić information content (AvgIpc) is 1.91. The van der Waals surface area contributed by atoms with Crippen LogP contribution in [0.5, 0.6) is 0 Å². The van der Waals surface area contributed by atoms with E-state index in [1.807, 2.05) is 6.20 Å². The highest BCUT2D eigenvalue weighted by atomic mass is 16.5. The van der Waals surface area contributed by atoms with Gasteiger partial charge in [0.15, 0.2) is 0 Å². The Hall–Kier alpha value is -0.700. The molecule has 0 bridgehead atoms. The van der Waals surface area contributed by atoms with Crippen molar-refractivity contribution in [3.63, 3.8) is 0 Å². The molecule has 0 aliphatic carbocycles. The third-order valence-electron chi connectivity index (χ3n) is 1.34. The van der Waals surface area contributed by atoms with Gasteiger partial charge in [0, 0.05) is 25.5 Å². The summed E-state index contributed by atoms with van der Waals surface area (Å²) >= 11 is 0. The predicted octanol–water partition coefficient (Wildman–Crippen LogP) is -0.252. The zero-order chi connectivity index (χ0) is 6.53. The number of nitrogens with zero attached hydrogens (tertiary/aromatic N) is 1. The van der Waals surface area contributed by atoms with Crippen LogP contribution in [0.3, 0.4) is 0 Å². The monoisotopic (exact) mass is 128 g/mol. The van der Waals surface area contributed by atoms with Gasteiger partial charge in [-0.25, -0.2) is 0 Å². The Labute approximate surface area is 55.1 Å². The molecule has 1 aliphatic rings. The Morgan fingerprint density at radius 2 is 2.00 bits per heavy atom. The van der Waals surface area contributed by atoms with Crippen molar-refractivity contribution in [2.45, 2.75) is 0 Å². The summed E-state index contributed by atoms with van der Waals surface area (Å²) in [6.45, 7) is 3.58. The van der Waals surface area contributed by atoms with E-state index in [-0.39, 0.29) is 0 Å². The SMILES string of the molecule is N/C=C\N1CCOCC1. The Kier molecular flexibility index (Phi) is 2.39. The number of rotatable bonds is 1. The van der Waals surface area contributed by atoms with Crippen LogP contribution in [-0.2, 0) is 4.74 Å². The van der Waals surface area contributed by atoms with E-state index in [2.05, 4.69) is 4.90 Å². The maximum absolute atomic E-state index is 5.20. The van der Waals surface area contributed by atoms with Gasteiger partial charge in [-0.2, -0.15) is 0 Å². The van der Waals surface area contributed by atoms with E-state index in [9.17, 15) is 0 Å². The summed E-state index contributed by atoms with van der Waals surface area (Å²) < 4.78 is 5.13. The third-order valence-corrected chi connectivity index (χ3v) is 1.34. The molecule has 1 saturated heterocycles. The van der Waals surface area contributed by atoms with E-state index in [1.54, 1.807) is 6.20 Å². The summed E-state index contributed by atoms with van der Waals surface area (Å²) in [7, 11) is 0. The lowest BCUT2D eigenvalue weighted by molar-refractivity contribution is 0.0593. The largest absolute Gasteiger partial charge is 0.403 e. The van der Waals surface area contributed by atoms with Crippen LogP contribution < -0.4 is 5.73 Å². The molecular weight excluding hydrogens is 116 g/mol. The molecule has 0 amide bonds. The molecule has 0 aromatic rings. The molecule has 3 heteroatoms. The number of ether oxygens (including phenoxy) is 1. The second kappa shape index (κ2) is 3.35. The number of nitrogens with two attached hydrogens (primary N) is 1. The number of hydrogen-bond donors (Lipinski definition) is 1. The molecule has 0 unspecified atom stereocenters. The van der Waals surface area contributed by atoms with Crippen molar-refractivity contribution in [1.29, 1.82) is 0 Å². The van der Waals surface area contributed by atoms with Crippen LogP contribution >= 0.6 is 0 Å². The molecule has 52 valence electrons. The van der Waals surface area contributed by atoms with Gasteiger partial charge in [0.1, 0.15) is 0 Å². The van der Waals surface area contributed by atoms with E-state index in [0.29, 0.717) is 0 Å². The zero-order valence-electron chi connectivity index (χ0n) is 5.42. The van der Waals surface area contributed by atoms with Gasteiger partial charge >= 0.3 is 0 Å². The molecule has 1 heterocycles. The van der Waals surface area contributed by atoms with Gasteiger partial charge in [-0.05, 0) is 0 Å². The standard InChI is InChI=1S/C6H12N2O/c7-1-2-8-3-5-9-6-4-8/h1-2H,3-7H2/b2-1-. The minimum atomic E-state index is 0.824. The molecule has 0 spiro atoms. The highest BCUT2D eigenvalue weighted by Gasteiger charge is 2.03. The van der Waals surface area contributed by atoms with Gasteiger partial charge in [-0.1, -0.05) is 0 Å². The van der Waals surface area contributed by atoms with E-state index in [1.165, 1.54) is 0 Å². The minimum absolute atomic E-state index is 0.824. The number of morpholine rings is 1. The van der Waals surface area contributed by atoms with Crippen LogP contribution in [0, 0.1) is 0 Å². The fraction of sp³-hybridized carbons (Fsp3) is 0.667. The highest BCUT2D eigenvalue weighted by Crippen LogP contribution is 1.95. The summed E-state index contributed by atoms with van der Waals surface area (Å²) in [5.41, 5.74) is 5.20. The van der Waals surface area contributed by atoms with Crippen molar-refractivity contribution in [3.8, 4) is 0 Å². The van der Waals surface area contributed by atoms with E-state index in [4.69, 9.17) is 10.5 Å². The van der Waals surface area contributed by atoms with E-state index < -0.39 is 0 Å². The molecule has 3 nitrogen and oxygen atoms in total. The molecule has 0 radical (unpaired) electrons. The smallest absolute Gasteiger partial charge is 0.0642 e. The molecule has 2 N–H and O–H groups in total. The first-order valence-electron chi connectivity index (χ1n) is 3.13. The van der Waals surface area contributed by atoms with Crippen LogP contribution in [0.25, 0.3) is 0 Å². The summed E-state index contributed by atoms with van der Waals surface area (Å²) in [4.78, 5) is 2.14. The van der Waals surface area contributed by atoms with Gasteiger partial charge in [0.05, 0.1) is 13.2 Å². The topological polar surface area (TPSA) is 38.5 Å². The first kappa shape index (κ1) is 6.42. The van der Waals surface area contributed by atoms with Gasteiger partial charge in [-0.15, -0.1) is 0 Å². The molecule has 0 atom stereocenters. The molecule has 0 aromatic carbocycles. The first-order chi connectivity index (χ1) is 4.43. The lowest BCUT2D eigenvalue weighted by atomic mass is 10.4. The minimum Gasteiger partial charge on any atom is -0.403 e. The Morgan fingerprint density at radius 1 is 1.33 bits per heavy atom. The maximum Gasteiger partial charge on any atom is 0.0642 e. The predicted molar refractivity (Wildman–Crippen MR) is 35.7 cm³/mol. The fourth-order valence-electron chi connectivity index (χ4n) is 0.848. The third kappa shape index (κ3) is 1.93. The number of hydrogen-bond acceptors (Lipinski definition) is 3. The second-order valence-corrected chi connectivity index (χ2v) is 1.99. The summed E-state index contributed by atoms with van der Waals surface area (Å²) in [6, 6.07) is 0. The Morgan fingerprint density at radius 3 is 2.56 bits per heavy atom. The molecule has 1 fully saturated rings.